The van der Waals surface area contributed by atoms with Crippen LogP contribution in [0.5, 0.6) is 0 Å². The Morgan fingerprint density at radius 3 is 2.47 bits per heavy atom. The van der Waals surface area contributed by atoms with E-state index in [0.29, 0.717) is 17.3 Å². The van der Waals surface area contributed by atoms with E-state index in [-0.39, 0.29) is 5.69 Å². The molecule has 0 aliphatic carbocycles. The lowest BCUT2D eigenvalue weighted by Gasteiger charge is -2.14. The van der Waals surface area contributed by atoms with Gasteiger partial charge in [-0.3, -0.25) is 4.79 Å². The van der Waals surface area contributed by atoms with E-state index in [0.717, 1.165) is 16.3 Å². The topological polar surface area (TPSA) is 81.4 Å². The number of nitrogens with one attached hydrogen (secondary N) is 1. The van der Waals surface area contributed by atoms with Crippen LogP contribution >= 0.6 is 0 Å². The molecule has 1 atom stereocenters. The Balaban J connectivity index is 1.47. The fraction of sp³-hybridized carbons (Fsp3) is 0.125. The van der Waals surface area contributed by atoms with Crippen molar-refractivity contribution in [3.05, 3.63) is 84.3 Å². The molecule has 30 heavy (non-hydrogen) atoms. The molecule has 0 saturated heterocycles. The molecule has 0 aliphatic heterocycles. The summed E-state index contributed by atoms with van der Waals surface area (Å²) in [7, 11) is 0. The Kier molecular flexibility index (Phi) is 5.30. The van der Waals surface area contributed by atoms with Crippen molar-refractivity contribution in [2.24, 2.45) is 0 Å². The van der Waals surface area contributed by atoms with Crippen molar-refractivity contribution in [1.82, 2.24) is 4.98 Å². The van der Waals surface area contributed by atoms with Crippen molar-refractivity contribution in [3.63, 3.8) is 0 Å². The first-order valence-corrected chi connectivity index (χ1v) is 9.55. The highest BCUT2D eigenvalue weighted by molar-refractivity contribution is 6.04. The van der Waals surface area contributed by atoms with Gasteiger partial charge in [0.15, 0.2) is 11.8 Å². The van der Waals surface area contributed by atoms with Gasteiger partial charge in [0.25, 0.3) is 5.91 Å². The quantitative estimate of drug-likeness (QED) is 0.478. The minimum Gasteiger partial charge on any atom is -0.448 e. The maximum atomic E-state index is 12.6. The van der Waals surface area contributed by atoms with Gasteiger partial charge in [-0.2, -0.15) is 0 Å². The molecule has 1 aromatic heterocycles. The molecule has 0 spiro atoms. The Bertz CT molecular complexity index is 1210. The van der Waals surface area contributed by atoms with E-state index in [9.17, 15) is 9.59 Å². The number of aryl methyl sites for hydroxylation is 1. The summed E-state index contributed by atoms with van der Waals surface area (Å²) in [6.45, 7) is 3.16. The Morgan fingerprint density at radius 1 is 0.967 bits per heavy atom. The van der Waals surface area contributed by atoms with E-state index in [1.54, 1.807) is 6.92 Å². The van der Waals surface area contributed by atoms with Crippen LogP contribution in [-0.2, 0) is 9.53 Å². The van der Waals surface area contributed by atoms with E-state index in [1.165, 1.54) is 6.92 Å². The number of hydrogen-bond donors (Lipinski definition) is 1. The molecule has 3 aromatic carbocycles. The fourth-order valence-corrected chi connectivity index (χ4v) is 3.13. The molecule has 6 heteroatoms. The molecule has 0 bridgehead atoms. The third-order valence-electron chi connectivity index (χ3n) is 4.71. The van der Waals surface area contributed by atoms with Crippen molar-refractivity contribution in [2.45, 2.75) is 20.0 Å². The number of esters is 1. The number of hydrogen-bond acceptors (Lipinski definition) is 5. The van der Waals surface area contributed by atoms with Gasteiger partial charge in [0.1, 0.15) is 5.76 Å². The van der Waals surface area contributed by atoms with Crippen LogP contribution in [0.1, 0.15) is 23.2 Å². The van der Waals surface area contributed by atoms with Crippen molar-refractivity contribution in [2.75, 3.05) is 5.32 Å². The van der Waals surface area contributed by atoms with Gasteiger partial charge < -0.3 is 14.5 Å². The first kappa shape index (κ1) is 19.4. The first-order valence-electron chi connectivity index (χ1n) is 9.55. The van der Waals surface area contributed by atoms with E-state index in [1.807, 2.05) is 72.8 Å². The number of fused-ring (bicyclic) bond motifs is 1. The van der Waals surface area contributed by atoms with Gasteiger partial charge in [-0.05, 0) is 37.4 Å². The number of anilines is 1. The van der Waals surface area contributed by atoms with Gasteiger partial charge in [0.2, 0.25) is 5.89 Å². The van der Waals surface area contributed by atoms with Crippen LogP contribution in [0.2, 0.25) is 0 Å². The average molecular weight is 400 g/mol. The molecule has 4 aromatic rings. The molecule has 1 amide bonds. The van der Waals surface area contributed by atoms with Gasteiger partial charge in [-0.15, -0.1) is 0 Å². The summed E-state index contributed by atoms with van der Waals surface area (Å²) in [6, 6.07) is 22.6. The lowest BCUT2D eigenvalue weighted by atomic mass is 10.1. The number of benzene rings is 3. The number of carbonyl (C=O) groups excluding carboxylic acids is 2. The zero-order valence-electron chi connectivity index (χ0n) is 16.6. The number of ether oxygens (including phenoxy) is 1. The number of aromatic nitrogens is 1. The van der Waals surface area contributed by atoms with Crippen molar-refractivity contribution in [3.8, 4) is 11.5 Å². The predicted octanol–water partition coefficient (Wildman–Crippen LogP) is 4.99. The highest BCUT2D eigenvalue weighted by Gasteiger charge is 2.24. The van der Waals surface area contributed by atoms with Gasteiger partial charge in [0, 0.05) is 16.6 Å². The molecule has 0 aliphatic rings. The smallest absolute Gasteiger partial charge is 0.361 e. The van der Waals surface area contributed by atoms with Crippen molar-refractivity contribution < 1.29 is 18.7 Å². The number of oxazole rings is 1. The van der Waals surface area contributed by atoms with Crippen molar-refractivity contribution >= 4 is 28.3 Å². The molecule has 1 N–H and O–H groups in total. The molecule has 6 nitrogen and oxygen atoms in total. The second-order valence-corrected chi connectivity index (χ2v) is 6.85. The summed E-state index contributed by atoms with van der Waals surface area (Å²) in [5.74, 6) is -0.475. The van der Waals surface area contributed by atoms with Crippen LogP contribution in [0.25, 0.3) is 22.2 Å². The summed E-state index contributed by atoms with van der Waals surface area (Å²) in [4.78, 5) is 29.4. The third kappa shape index (κ3) is 3.93. The van der Waals surface area contributed by atoms with Crippen LogP contribution in [-0.4, -0.2) is 23.0 Å². The largest absolute Gasteiger partial charge is 0.448 e. The molecule has 0 saturated carbocycles. The minimum atomic E-state index is -1.01. The molecule has 1 unspecified atom stereocenters. The van der Waals surface area contributed by atoms with E-state index in [4.69, 9.17) is 9.15 Å². The highest BCUT2D eigenvalue weighted by atomic mass is 16.5. The highest BCUT2D eigenvalue weighted by Crippen LogP contribution is 2.24. The second-order valence-electron chi connectivity index (χ2n) is 6.85. The van der Waals surface area contributed by atoms with Crippen LogP contribution < -0.4 is 5.32 Å². The average Bonchev–Trinajstić information content (AvgIpc) is 3.16. The molecule has 4 rings (SSSR count). The summed E-state index contributed by atoms with van der Waals surface area (Å²) < 4.78 is 10.9. The Morgan fingerprint density at radius 2 is 1.67 bits per heavy atom. The van der Waals surface area contributed by atoms with Gasteiger partial charge in [0.05, 0.1) is 0 Å². The summed E-state index contributed by atoms with van der Waals surface area (Å²) >= 11 is 0. The normalized spacial score (nSPS) is 11.8. The van der Waals surface area contributed by atoms with E-state index in [2.05, 4.69) is 10.3 Å². The molecule has 1 heterocycles. The standard InChI is InChI=1S/C24H20N2O4/c1-15-21(26-23(29-15)18-10-4-3-5-11-18)24(28)30-16(2)22(27)25-20-14-8-12-17-9-6-7-13-19(17)20/h3-14,16H,1-2H3,(H,25,27). The molecular formula is C24H20N2O4. The minimum absolute atomic E-state index is 0.0543. The fourth-order valence-electron chi connectivity index (χ4n) is 3.13. The van der Waals surface area contributed by atoms with E-state index >= 15 is 0 Å². The lowest BCUT2D eigenvalue weighted by molar-refractivity contribution is -0.123. The number of nitrogens with zero attached hydrogens (tertiary/aromatic N) is 1. The SMILES string of the molecule is Cc1oc(-c2ccccc2)nc1C(=O)OC(C)C(=O)Nc1cccc2ccccc12. The van der Waals surface area contributed by atoms with Crippen LogP contribution in [0, 0.1) is 6.92 Å². The monoisotopic (exact) mass is 400 g/mol. The van der Waals surface area contributed by atoms with Crippen LogP contribution in [0.3, 0.4) is 0 Å². The van der Waals surface area contributed by atoms with E-state index < -0.39 is 18.0 Å². The van der Waals surface area contributed by atoms with Gasteiger partial charge in [-0.25, -0.2) is 9.78 Å². The second kappa shape index (κ2) is 8.21. The first-order chi connectivity index (χ1) is 14.5. The maximum Gasteiger partial charge on any atom is 0.361 e. The summed E-state index contributed by atoms with van der Waals surface area (Å²) in [5.41, 5.74) is 1.46. The molecular weight excluding hydrogens is 380 g/mol. The summed E-state index contributed by atoms with van der Waals surface area (Å²) in [6.07, 6.45) is -1.01. The summed E-state index contributed by atoms with van der Waals surface area (Å²) in [5, 5.41) is 4.74. The maximum absolute atomic E-state index is 12.6. The number of amides is 1. The zero-order valence-corrected chi connectivity index (χ0v) is 16.6. The Labute approximate surface area is 173 Å². The Hall–Kier alpha value is -3.93. The van der Waals surface area contributed by atoms with Gasteiger partial charge in [-0.1, -0.05) is 54.6 Å². The van der Waals surface area contributed by atoms with Gasteiger partial charge >= 0.3 is 5.97 Å². The molecule has 0 radical (unpaired) electrons. The molecule has 0 fully saturated rings. The zero-order chi connectivity index (χ0) is 21.1. The molecule has 150 valence electrons. The number of carbonyl (C=O) groups is 2. The van der Waals surface area contributed by atoms with Crippen molar-refractivity contribution in [1.29, 1.82) is 0 Å². The van der Waals surface area contributed by atoms with Crippen LogP contribution in [0.4, 0.5) is 5.69 Å². The number of rotatable bonds is 5. The predicted molar refractivity (Wildman–Crippen MR) is 114 cm³/mol. The van der Waals surface area contributed by atoms with Crippen LogP contribution in [0.15, 0.2) is 77.2 Å². The lowest BCUT2D eigenvalue weighted by Crippen LogP contribution is -2.30. The third-order valence-corrected chi connectivity index (χ3v) is 4.71.